The minimum absolute atomic E-state index is 0.0324. The normalized spacial score (nSPS) is 12.7. The van der Waals surface area contributed by atoms with Gasteiger partial charge in [-0.1, -0.05) is 80.7 Å². The molecule has 0 radical (unpaired) electrons. The van der Waals surface area contributed by atoms with E-state index in [1.807, 2.05) is 32.9 Å². The van der Waals surface area contributed by atoms with Crippen LogP contribution in [0.5, 0.6) is 5.75 Å². The van der Waals surface area contributed by atoms with E-state index < -0.39 is 5.41 Å². The number of hydrogen-bond acceptors (Lipinski definition) is 4. The molecule has 0 aliphatic rings. The Morgan fingerprint density at radius 3 is 2.28 bits per heavy atom. The fourth-order valence-corrected chi connectivity index (χ4v) is 3.92. The van der Waals surface area contributed by atoms with Gasteiger partial charge in [-0.25, -0.2) is 4.98 Å². The summed E-state index contributed by atoms with van der Waals surface area (Å²) in [7, 11) is 0. The molecular weight excluding hydrogens is 513 g/mol. The molecule has 0 aliphatic heterocycles. The Morgan fingerprint density at radius 2 is 1.72 bits per heavy atom. The molecular formula is C24H26BrCl2N3O2. The zero-order valence-corrected chi connectivity index (χ0v) is 22.1. The summed E-state index contributed by atoms with van der Waals surface area (Å²) in [4.78, 5) is 18.0. The van der Waals surface area contributed by atoms with Gasteiger partial charge in [0.05, 0.1) is 33.8 Å². The van der Waals surface area contributed by atoms with E-state index in [9.17, 15) is 4.79 Å². The number of aromatic nitrogens is 2. The van der Waals surface area contributed by atoms with E-state index in [1.165, 1.54) is 4.68 Å². The maximum absolute atomic E-state index is 13.3. The van der Waals surface area contributed by atoms with Crippen LogP contribution >= 0.6 is 39.1 Å². The second kappa shape index (κ2) is 9.16. The lowest BCUT2D eigenvalue weighted by Gasteiger charge is -2.21. The number of benzene rings is 2. The van der Waals surface area contributed by atoms with E-state index in [1.54, 1.807) is 24.4 Å². The molecule has 0 unspecified atom stereocenters. The average molecular weight is 539 g/mol. The summed E-state index contributed by atoms with van der Waals surface area (Å²) < 4.78 is 7.95. The van der Waals surface area contributed by atoms with Crippen LogP contribution in [-0.2, 0) is 5.41 Å². The summed E-state index contributed by atoms with van der Waals surface area (Å²) in [5.74, 6) is 0.987. The molecule has 0 bridgehead atoms. The van der Waals surface area contributed by atoms with Crippen molar-refractivity contribution in [3.63, 3.8) is 0 Å². The van der Waals surface area contributed by atoms with Gasteiger partial charge in [0.15, 0.2) is 5.75 Å². The maximum Gasteiger partial charge on any atom is 0.282 e. The van der Waals surface area contributed by atoms with E-state index in [0.717, 1.165) is 4.47 Å². The lowest BCUT2D eigenvalue weighted by atomic mass is 9.95. The van der Waals surface area contributed by atoms with Crippen LogP contribution in [0.15, 0.2) is 44.7 Å². The molecule has 3 aromatic rings. The van der Waals surface area contributed by atoms with Crippen LogP contribution < -0.4 is 10.3 Å². The highest BCUT2D eigenvalue weighted by molar-refractivity contribution is 9.10. The van der Waals surface area contributed by atoms with E-state index in [0.29, 0.717) is 44.7 Å². The molecule has 2 aromatic carbocycles. The quantitative estimate of drug-likeness (QED) is 0.334. The highest BCUT2D eigenvalue weighted by Gasteiger charge is 2.23. The summed E-state index contributed by atoms with van der Waals surface area (Å²) in [6.45, 7) is 12.6. The Balaban J connectivity index is 2.06. The van der Waals surface area contributed by atoms with Crippen LogP contribution in [0.4, 0.5) is 0 Å². The van der Waals surface area contributed by atoms with Crippen LogP contribution in [0.3, 0.4) is 0 Å². The fourth-order valence-electron chi connectivity index (χ4n) is 2.95. The third kappa shape index (κ3) is 5.72. The highest BCUT2D eigenvalue weighted by Crippen LogP contribution is 2.35. The molecule has 0 fully saturated rings. The topological polar surface area (TPSA) is 56.5 Å². The molecule has 5 nitrogen and oxygen atoms in total. The average Bonchev–Trinajstić information content (AvgIpc) is 2.65. The molecule has 3 rings (SSSR count). The van der Waals surface area contributed by atoms with Crippen molar-refractivity contribution in [3.8, 4) is 5.75 Å². The number of ether oxygens (including phenoxy) is 1. The molecule has 170 valence electrons. The summed E-state index contributed by atoms with van der Waals surface area (Å²) in [6.07, 6.45) is 1.55. The maximum atomic E-state index is 13.3. The Bertz CT molecular complexity index is 1230. The first-order valence-corrected chi connectivity index (χ1v) is 11.7. The zero-order valence-electron chi connectivity index (χ0n) is 19.0. The molecule has 32 heavy (non-hydrogen) atoms. The Hall–Kier alpha value is -1.89. The number of fused-ring (bicyclic) bond motifs is 1. The van der Waals surface area contributed by atoms with Gasteiger partial charge in [-0.05, 0) is 41.3 Å². The standard InChI is InChI=1S/C24H26BrCl2N3O2/c1-23(2,3)13-32-20-17(26)9-14(10-18(20)27)12-28-30-21(31)16-11-15(25)7-8-19(16)29-22(30)24(4,5)6/h7-12H,13H2,1-6H3. The Kier molecular flexibility index (Phi) is 7.08. The molecule has 1 aromatic heterocycles. The van der Waals surface area contributed by atoms with Gasteiger partial charge in [0.25, 0.3) is 5.56 Å². The van der Waals surface area contributed by atoms with E-state index >= 15 is 0 Å². The number of nitrogens with zero attached hydrogens (tertiary/aromatic N) is 3. The number of halogens is 3. The van der Waals surface area contributed by atoms with Crippen molar-refractivity contribution in [2.75, 3.05) is 6.61 Å². The van der Waals surface area contributed by atoms with Crippen molar-refractivity contribution in [2.45, 2.75) is 47.0 Å². The summed E-state index contributed by atoms with van der Waals surface area (Å²) in [5.41, 5.74) is 0.581. The van der Waals surface area contributed by atoms with Crippen molar-refractivity contribution >= 4 is 56.2 Å². The minimum atomic E-state index is -0.405. The number of rotatable bonds is 4. The van der Waals surface area contributed by atoms with Gasteiger partial charge in [-0.15, -0.1) is 0 Å². The Morgan fingerprint density at radius 1 is 1.09 bits per heavy atom. The molecule has 0 N–H and O–H groups in total. The van der Waals surface area contributed by atoms with Crippen molar-refractivity contribution in [1.29, 1.82) is 0 Å². The first kappa shape index (κ1) is 24.7. The second-order valence-corrected chi connectivity index (χ2v) is 11.6. The van der Waals surface area contributed by atoms with Crippen LogP contribution in [0.25, 0.3) is 10.9 Å². The van der Waals surface area contributed by atoms with Gasteiger partial charge in [0.1, 0.15) is 5.82 Å². The zero-order chi connectivity index (χ0) is 23.8. The highest BCUT2D eigenvalue weighted by atomic mass is 79.9. The lowest BCUT2D eigenvalue weighted by Crippen LogP contribution is -2.29. The van der Waals surface area contributed by atoms with Crippen LogP contribution in [0.2, 0.25) is 10.0 Å². The van der Waals surface area contributed by atoms with Crippen LogP contribution in [-0.4, -0.2) is 22.5 Å². The van der Waals surface area contributed by atoms with Gasteiger partial charge < -0.3 is 4.74 Å². The first-order chi connectivity index (χ1) is 14.8. The third-order valence-corrected chi connectivity index (χ3v) is 5.53. The Labute approximate surface area is 206 Å². The van der Waals surface area contributed by atoms with Crippen molar-refractivity contribution in [1.82, 2.24) is 9.66 Å². The SMILES string of the molecule is CC(C)(C)COc1c(Cl)cc(C=Nn2c(C(C)(C)C)nc3ccc(Br)cc3c2=O)cc1Cl. The summed E-state index contributed by atoms with van der Waals surface area (Å²) in [5, 5.41) is 5.70. The monoisotopic (exact) mass is 537 g/mol. The molecule has 0 saturated heterocycles. The van der Waals surface area contributed by atoms with E-state index in [-0.39, 0.29) is 11.0 Å². The fraction of sp³-hybridized carbons (Fsp3) is 0.375. The van der Waals surface area contributed by atoms with Crippen molar-refractivity contribution < 1.29 is 4.74 Å². The summed E-state index contributed by atoms with van der Waals surface area (Å²) >= 11 is 16.3. The van der Waals surface area contributed by atoms with Crippen LogP contribution in [0.1, 0.15) is 52.9 Å². The smallest absolute Gasteiger partial charge is 0.282 e. The van der Waals surface area contributed by atoms with Gasteiger partial charge in [-0.2, -0.15) is 9.78 Å². The number of hydrogen-bond donors (Lipinski definition) is 0. The molecule has 8 heteroatoms. The van der Waals surface area contributed by atoms with Gasteiger partial charge in [0.2, 0.25) is 0 Å². The molecule has 0 amide bonds. The summed E-state index contributed by atoms with van der Waals surface area (Å²) in [6, 6.07) is 8.85. The van der Waals surface area contributed by atoms with E-state index in [2.05, 4.69) is 41.8 Å². The van der Waals surface area contributed by atoms with E-state index in [4.69, 9.17) is 32.9 Å². The molecule has 1 heterocycles. The third-order valence-electron chi connectivity index (χ3n) is 4.47. The van der Waals surface area contributed by atoms with Gasteiger partial charge in [0, 0.05) is 9.89 Å². The van der Waals surface area contributed by atoms with Gasteiger partial charge >= 0.3 is 0 Å². The predicted molar refractivity (Wildman–Crippen MR) is 137 cm³/mol. The molecule has 0 aliphatic carbocycles. The first-order valence-electron chi connectivity index (χ1n) is 10.2. The lowest BCUT2D eigenvalue weighted by molar-refractivity contribution is 0.198. The van der Waals surface area contributed by atoms with Crippen molar-refractivity contribution in [3.05, 3.63) is 66.6 Å². The largest absolute Gasteiger partial charge is 0.490 e. The minimum Gasteiger partial charge on any atom is -0.490 e. The molecule has 0 atom stereocenters. The predicted octanol–water partition coefficient (Wildman–Crippen LogP) is 7.07. The van der Waals surface area contributed by atoms with Crippen molar-refractivity contribution in [2.24, 2.45) is 10.5 Å². The van der Waals surface area contributed by atoms with Crippen LogP contribution in [0, 0.1) is 5.41 Å². The molecule has 0 spiro atoms. The molecule has 0 saturated carbocycles. The van der Waals surface area contributed by atoms with Gasteiger partial charge in [-0.3, -0.25) is 4.79 Å². The second-order valence-electron chi connectivity index (χ2n) is 9.87.